The standard InChI is InChI=1S/C14H14N2O2/c1-10-3-4-11(17-2)7-14(10)16-9-13-6-5-12(8-15)18-13/h3-7,16H,9H2,1-2H3. The largest absolute Gasteiger partial charge is 0.497 e. The van der Waals surface area contributed by atoms with Crippen LogP contribution < -0.4 is 10.1 Å². The molecule has 18 heavy (non-hydrogen) atoms. The Balaban J connectivity index is 2.08. The highest BCUT2D eigenvalue weighted by Gasteiger charge is 2.03. The first kappa shape index (κ1) is 12.1. The SMILES string of the molecule is COc1ccc(C)c(NCc2ccc(C#N)o2)c1. The molecule has 1 N–H and O–H groups in total. The average molecular weight is 242 g/mol. The van der Waals surface area contributed by atoms with Gasteiger partial charge in [0.15, 0.2) is 0 Å². The van der Waals surface area contributed by atoms with E-state index in [-0.39, 0.29) is 0 Å². The van der Waals surface area contributed by atoms with Crippen molar-refractivity contribution in [3.05, 3.63) is 47.4 Å². The molecule has 2 rings (SSSR count). The van der Waals surface area contributed by atoms with Gasteiger partial charge in [-0.2, -0.15) is 5.26 Å². The lowest BCUT2D eigenvalue weighted by molar-refractivity contribution is 0.415. The highest BCUT2D eigenvalue weighted by molar-refractivity contribution is 5.54. The summed E-state index contributed by atoms with van der Waals surface area (Å²) < 4.78 is 10.5. The number of hydrogen-bond donors (Lipinski definition) is 1. The summed E-state index contributed by atoms with van der Waals surface area (Å²) >= 11 is 0. The number of nitrogens with zero attached hydrogens (tertiary/aromatic N) is 1. The Hall–Kier alpha value is -2.41. The molecule has 0 radical (unpaired) electrons. The molecule has 4 heteroatoms. The molecule has 0 saturated carbocycles. The van der Waals surface area contributed by atoms with Crippen molar-refractivity contribution < 1.29 is 9.15 Å². The molecule has 0 aliphatic heterocycles. The third-order valence-electron chi connectivity index (χ3n) is 2.67. The molecular weight excluding hydrogens is 228 g/mol. The second-order valence-electron chi connectivity index (χ2n) is 3.91. The van der Waals surface area contributed by atoms with Crippen molar-refractivity contribution in [3.8, 4) is 11.8 Å². The van der Waals surface area contributed by atoms with E-state index in [0.717, 1.165) is 22.8 Å². The van der Waals surface area contributed by atoms with Crippen LogP contribution in [-0.2, 0) is 6.54 Å². The summed E-state index contributed by atoms with van der Waals surface area (Å²) in [7, 11) is 1.64. The Morgan fingerprint density at radius 2 is 2.17 bits per heavy atom. The molecule has 1 heterocycles. The second-order valence-corrected chi connectivity index (χ2v) is 3.91. The van der Waals surface area contributed by atoms with Crippen LogP contribution in [0.5, 0.6) is 5.75 Å². The van der Waals surface area contributed by atoms with Crippen molar-refractivity contribution in [2.24, 2.45) is 0 Å². The lowest BCUT2D eigenvalue weighted by Gasteiger charge is -2.09. The Bertz CT molecular complexity index is 582. The van der Waals surface area contributed by atoms with Gasteiger partial charge in [-0.15, -0.1) is 0 Å². The van der Waals surface area contributed by atoms with Crippen LogP contribution >= 0.6 is 0 Å². The van der Waals surface area contributed by atoms with E-state index < -0.39 is 0 Å². The summed E-state index contributed by atoms with van der Waals surface area (Å²) in [5.41, 5.74) is 2.12. The first-order chi connectivity index (χ1) is 8.72. The third kappa shape index (κ3) is 2.64. The molecule has 0 saturated heterocycles. The minimum atomic E-state index is 0.328. The number of anilines is 1. The maximum absolute atomic E-state index is 8.67. The van der Waals surface area contributed by atoms with E-state index in [1.807, 2.05) is 31.2 Å². The van der Waals surface area contributed by atoms with Crippen molar-refractivity contribution in [1.82, 2.24) is 0 Å². The molecular formula is C14H14N2O2. The molecule has 2 aromatic rings. The van der Waals surface area contributed by atoms with E-state index in [4.69, 9.17) is 14.4 Å². The molecule has 0 amide bonds. The van der Waals surface area contributed by atoms with Crippen molar-refractivity contribution in [2.45, 2.75) is 13.5 Å². The molecule has 4 nitrogen and oxygen atoms in total. The molecule has 0 aliphatic rings. The third-order valence-corrected chi connectivity index (χ3v) is 2.67. The van der Waals surface area contributed by atoms with E-state index >= 15 is 0 Å². The molecule has 1 aromatic carbocycles. The van der Waals surface area contributed by atoms with Crippen molar-refractivity contribution >= 4 is 5.69 Å². The number of methoxy groups -OCH3 is 1. The number of aryl methyl sites for hydroxylation is 1. The smallest absolute Gasteiger partial charge is 0.203 e. The van der Waals surface area contributed by atoms with Gasteiger partial charge in [0.2, 0.25) is 5.76 Å². The van der Waals surface area contributed by atoms with E-state index in [0.29, 0.717) is 12.3 Å². The van der Waals surface area contributed by atoms with Gasteiger partial charge < -0.3 is 14.5 Å². The highest BCUT2D eigenvalue weighted by Crippen LogP contribution is 2.22. The zero-order valence-electron chi connectivity index (χ0n) is 10.4. The van der Waals surface area contributed by atoms with Crippen molar-refractivity contribution in [3.63, 3.8) is 0 Å². The normalized spacial score (nSPS) is 9.83. The molecule has 0 bridgehead atoms. The van der Waals surface area contributed by atoms with Crippen LogP contribution in [0.4, 0.5) is 5.69 Å². The zero-order valence-corrected chi connectivity index (χ0v) is 10.4. The summed E-state index contributed by atoms with van der Waals surface area (Å²) in [6.07, 6.45) is 0. The van der Waals surface area contributed by atoms with Gasteiger partial charge in [-0.25, -0.2) is 0 Å². The zero-order chi connectivity index (χ0) is 13.0. The maximum Gasteiger partial charge on any atom is 0.203 e. The first-order valence-electron chi connectivity index (χ1n) is 5.60. The summed E-state index contributed by atoms with van der Waals surface area (Å²) in [6, 6.07) is 11.3. The van der Waals surface area contributed by atoms with E-state index in [2.05, 4.69) is 5.32 Å². The number of furan rings is 1. The fourth-order valence-corrected chi connectivity index (χ4v) is 1.63. The van der Waals surface area contributed by atoms with Gasteiger partial charge in [-0.1, -0.05) is 6.07 Å². The number of ether oxygens (including phenoxy) is 1. The lowest BCUT2D eigenvalue weighted by Crippen LogP contribution is -2.00. The topological polar surface area (TPSA) is 58.2 Å². The van der Waals surface area contributed by atoms with Crippen molar-refractivity contribution in [1.29, 1.82) is 5.26 Å². The molecule has 0 unspecified atom stereocenters. The van der Waals surface area contributed by atoms with Crippen LogP contribution in [-0.4, -0.2) is 7.11 Å². The Labute approximate surface area is 106 Å². The van der Waals surface area contributed by atoms with Gasteiger partial charge >= 0.3 is 0 Å². The van der Waals surface area contributed by atoms with Crippen molar-refractivity contribution in [2.75, 3.05) is 12.4 Å². The number of benzene rings is 1. The van der Waals surface area contributed by atoms with Gasteiger partial charge in [-0.05, 0) is 30.7 Å². The molecule has 0 atom stereocenters. The lowest BCUT2D eigenvalue weighted by atomic mass is 10.2. The quantitative estimate of drug-likeness (QED) is 0.895. The Morgan fingerprint density at radius 3 is 2.83 bits per heavy atom. The summed E-state index contributed by atoms with van der Waals surface area (Å²) in [4.78, 5) is 0. The maximum atomic E-state index is 8.67. The number of rotatable bonds is 4. The van der Waals surface area contributed by atoms with Crippen LogP contribution in [0, 0.1) is 18.3 Å². The monoisotopic (exact) mass is 242 g/mol. The summed E-state index contributed by atoms with van der Waals surface area (Å²) in [5.74, 6) is 1.86. The summed E-state index contributed by atoms with van der Waals surface area (Å²) in [5, 5.41) is 11.9. The molecule has 0 aliphatic carbocycles. The van der Waals surface area contributed by atoms with E-state index in [9.17, 15) is 0 Å². The Morgan fingerprint density at radius 1 is 1.33 bits per heavy atom. The predicted octanol–water partition coefficient (Wildman–Crippen LogP) is 3.08. The highest BCUT2D eigenvalue weighted by atomic mass is 16.5. The predicted molar refractivity (Wildman–Crippen MR) is 68.5 cm³/mol. The average Bonchev–Trinajstić information content (AvgIpc) is 2.86. The van der Waals surface area contributed by atoms with Crippen LogP contribution in [0.3, 0.4) is 0 Å². The molecule has 92 valence electrons. The molecule has 1 aromatic heterocycles. The van der Waals surface area contributed by atoms with Gasteiger partial charge in [0.25, 0.3) is 0 Å². The van der Waals surface area contributed by atoms with Gasteiger partial charge in [0.05, 0.1) is 13.7 Å². The molecule has 0 fully saturated rings. The fraction of sp³-hybridized carbons (Fsp3) is 0.214. The minimum Gasteiger partial charge on any atom is -0.497 e. The number of nitriles is 1. The minimum absolute atomic E-state index is 0.328. The number of nitrogens with one attached hydrogen (secondary N) is 1. The fourth-order valence-electron chi connectivity index (χ4n) is 1.63. The first-order valence-corrected chi connectivity index (χ1v) is 5.60. The van der Waals surface area contributed by atoms with Crippen LogP contribution in [0.2, 0.25) is 0 Å². The molecule has 0 spiro atoms. The van der Waals surface area contributed by atoms with Crippen LogP contribution in [0.1, 0.15) is 17.1 Å². The van der Waals surface area contributed by atoms with E-state index in [1.165, 1.54) is 0 Å². The van der Waals surface area contributed by atoms with Gasteiger partial charge in [0, 0.05) is 11.8 Å². The van der Waals surface area contributed by atoms with Crippen LogP contribution in [0.15, 0.2) is 34.7 Å². The second kappa shape index (κ2) is 5.28. The number of hydrogen-bond acceptors (Lipinski definition) is 4. The van der Waals surface area contributed by atoms with E-state index in [1.54, 1.807) is 19.2 Å². The van der Waals surface area contributed by atoms with Gasteiger partial charge in [0.1, 0.15) is 17.6 Å². The summed E-state index contributed by atoms with van der Waals surface area (Å²) in [6.45, 7) is 2.56. The Kier molecular flexibility index (Phi) is 3.54. The van der Waals surface area contributed by atoms with Gasteiger partial charge in [-0.3, -0.25) is 0 Å². The van der Waals surface area contributed by atoms with Crippen LogP contribution in [0.25, 0.3) is 0 Å².